The Kier molecular flexibility index (Phi) is 3.04. The summed E-state index contributed by atoms with van der Waals surface area (Å²) in [5, 5.41) is 3.01. The van der Waals surface area contributed by atoms with Crippen LogP contribution in [0.3, 0.4) is 0 Å². The summed E-state index contributed by atoms with van der Waals surface area (Å²) in [6, 6.07) is 4.32. The zero-order valence-corrected chi connectivity index (χ0v) is 9.38. The van der Waals surface area contributed by atoms with E-state index in [1.165, 1.54) is 22.3 Å². The van der Waals surface area contributed by atoms with Crippen LogP contribution in [0, 0.1) is 20.8 Å². The Balaban J connectivity index is 3.28. The fraction of sp³-hybridized carbons (Fsp3) is 0.364. The molecule has 0 unspecified atom stereocenters. The highest BCUT2D eigenvalue weighted by Gasteiger charge is 2.06. The maximum absolute atomic E-state index is 5.23. The third-order valence-corrected chi connectivity index (χ3v) is 2.54. The van der Waals surface area contributed by atoms with Gasteiger partial charge >= 0.3 is 0 Å². The Morgan fingerprint density at radius 2 is 1.62 bits per heavy atom. The average molecular weight is 193 g/mol. The lowest BCUT2D eigenvalue weighted by Gasteiger charge is -2.11. The molecule has 1 aromatic rings. The van der Waals surface area contributed by atoms with Gasteiger partial charge in [0.1, 0.15) is 4.99 Å². The van der Waals surface area contributed by atoms with E-state index in [9.17, 15) is 0 Å². The average Bonchev–Trinajstić information content (AvgIpc) is 2.02. The van der Waals surface area contributed by atoms with E-state index in [2.05, 4.69) is 38.2 Å². The van der Waals surface area contributed by atoms with Crippen molar-refractivity contribution in [1.82, 2.24) is 5.32 Å². The number of benzene rings is 1. The van der Waals surface area contributed by atoms with Crippen LogP contribution in [0.2, 0.25) is 0 Å². The highest BCUT2D eigenvalue weighted by atomic mass is 32.1. The fourth-order valence-electron chi connectivity index (χ4n) is 1.66. The first-order valence-electron chi connectivity index (χ1n) is 4.36. The van der Waals surface area contributed by atoms with Crippen molar-refractivity contribution in [2.75, 3.05) is 7.05 Å². The fourth-order valence-corrected chi connectivity index (χ4v) is 1.99. The first kappa shape index (κ1) is 10.2. The maximum atomic E-state index is 5.23. The van der Waals surface area contributed by atoms with E-state index in [1.807, 2.05) is 7.05 Å². The van der Waals surface area contributed by atoms with E-state index in [4.69, 9.17) is 12.2 Å². The van der Waals surface area contributed by atoms with Crippen LogP contribution in [0.1, 0.15) is 22.3 Å². The minimum absolute atomic E-state index is 0.829. The van der Waals surface area contributed by atoms with Crippen LogP contribution in [-0.4, -0.2) is 12.0 Å². The van der Waals surface area contributed by atoms with Crippen LogP contribution in [0.15, 0.2) is 12.1 Å². The van der Waals surface area contributed by atoms with Crippen LogP contribution in [0.5, 0.6) is 0 Å². The third kappa shape index (κ3) is 2.07. The van der Waals surface area contributed by atoms with E-state index in [0.717, 1.165) is 4.99 Å². The van der Waals surface area contributed by atoms with Crippen LogP contribution in [0.4, 0.5) is 0 Å². The van der Waals surface area contributed by atoms with Crippen LogP contribution in [0.25, 0.3) is 0 Å². The second-order valence-corrected chi connectivity index (χ2v) is 3.76. The largest absolute Gasteiger partial charge is 0.379 e. The molecule has 0 amide bonds. The predicted octanol–water partition coefficient (Wildman–Crippen LogP) is 2.51. The third-order valence-electron chi connectivity index (χ3n) is 2.13. The zero-order valence-electron chi connectivity index (χ0n) is 8.56. The first-order valence-corrected chi connectivity index (χ1v) is 4.77. The summed E-state index contributed by atoms with van der Waals surface area (Å²) in [7, 11) is 1.86. The molecule has 0 radical (unpaired) electrons. The summed E-state index contributed by atoms with van der Waals surface area (Å²) >= 11 is 5.23. The van der Waals surface area contributed by atoms with Crippen molar-refractivity contribution in [2.45, 2.75) is 20.8 Å². The molecule has 0 aliphatic rings. The highest BCUT2D eigenvalue weighted by Crippen LogP contribution is 2.16. The summed E-state index contributed by atoms with van der Waals surface area (Å²) in [5.74, 6) is 0. The van der Waals surface area contributed by atoms with Gasteiger partial charge in [-0.05, 0) is 31.9 Å². The smallest absolute Gasteiger partial charge is 0.106 e. The Morgan fingerprint density at radius 1 is 1.15 bits per heavy atom. The molecule has 70 valence electrons. The molecule has 1 nitrogen and oxygen atoms in total. The topological polar surface area (TPSA) is 12.0 Å². The van der Waals surface area contributed by atoms with Gasteiger partial charge in [-0.25, -0.2) is 0 Å². The van der Waals surface area contributed by atoms with Gasteiger partial charge in [-0.3, -0.25) is 0 Å². The Bertz CT molecular complexity index is 319. The molecular weight excluding hydrogens is 178 g/mol. The molecule has 0 fully saturated rings. The number of hydrogen-bond donors (Lipinski definition) is 1. The number of hydrogen-bond acceptors (Lipinski definition) is 1. The second kappa shape index (κ2) is 3.88. The molecule has 2 heteroatoms. The molecule has 0 aromatic heterocycles. The zero-order chi connectivity index (χ0) is 10.0. The summed E-state index contributed by atoms with van der Waals surface area (Å²) in [6.45, 7) is 6.30. The van der Waals surface area contributed by atoms with Crippen molar-refractivity contribution < 1.29 is 0 Å². The Morgan fingerprint density at radius 3 is 2.00 bits per heavy atom. The molecular formula is C11H15NS. The van der Waals surface area contributed by atoms with Crippen molar-refractivity contribution in [3.8, 4) is 0 Å². The highest BCUT2D eigenvalue weighted by molar-refractivity contribution is 7.80. The number of nitrogens with one attached hydrogen (secondary N) is 1. The predicted molar refractivity (Wildman–Crippen MR) is 61.4 cm³/mol. The molecule has 0 spiro atoms. The number of aryl methyl sites for hydroxylation is 3. The summed E-state index contributed by atoms with van der Waals surface area (Å²) in [6.07, 6.45) is 0. The summed E-state index contributed by atoms with van der Waals surface area (Å²) in [4.78, 5) is 0.829. The minimum Gasteiger partial charge on any atom is -0.379 e. The van der Waals surface area contributed by atoms with Crippen LogP contribution in [-0.2, 0) is 0 Å². The van der Waals surface area contributed by atoms with E-state index in [-0.39, 0.29) is 0 Å². The van der Waals surface area contributed by atoms with Crippen LogP contribution >= 0.6 is 12.2 Å². The quantitative estimate of drug-likeness (QED) is 0.688. The van der Waals surface area contributed by atoms with Crippen molar-refractivity contribution in [2.24, 2.45) is 0 Å². The van der Waals surface area contributed by atoms with Gasteiger partial charge in [-0.2, -0.15) is 0 Å². The number of thiocarbonyl (C=S) groups is 1. The molecule has 0 aliphatic heterocycles. The molecule has 13 heavy (non-hydrogen) atoms. The maximum Gasteiger partial charge on any atom is 0.106 e. The van der Waals surface area contributed by atoms with Gasteiger partial charge in [0.2, 0.25) is 0 Å². The standard InChI is InChI=1S/C11H15NS/c1-7-5-8(2)10(9(3)6-7)11(13)12-4/h5-6H,1-4H3,(H,12,13). The lowest BCUT2D eigenvalue weighted by atomic mass is 10.00. The van der Waals surface area contributed by atoms with E-state index in [0.29, 0.717) is 0 Å². The molecule has 0 saturated heterocycles. The van der Waals surface area contributed by atoms with E-state index < -0.39 is 0 Å². The Labute approximate surface area is 85.2 Å². The van der Waals surface area contributed by atoms with Gasteiger partial charge in [0, 0.05) is 12.6 Å². The van der Waals surface area contributed by atoms with Gasteiger partial charge in [0.15, 0.2) is 0 Å². The van der Waals surface area contributed by atoms with Gasteiger partial charge < -0.3 is 5.32 Å². The molecule has 0 heterocycles. The molecule has 1 aromatic carbocycles. The molecule has 0 saturated carbocycles. The molecule has 1 N–H and O–H groups in total. The summed E-state index contributed by atoms with van der Waals surface area (Å²) in [5.41, 5.74) is 4.95. The first-order chi connectivity index (χ1) is 6.06. The Hall–Kier alpha value is -0.890. The van der Waals surface area contributed by atoms with E-state index in [1.54, 1.807) is 0 Å². The number of rotatable bonds is 1. The molecule has 1 rings (SSSR count). The molecule has 0 aliphatic carbocycles. The van der Waals surface area contributed by atoms with E-state index >= 15 is 0 Å². The monoisotopic (exact) mass is 193 g/mol. The van der Waals surface area contributed by atoms with Gasteiger partial charge in [-0.15, -0.1) is 0 Å². The van der Waals surface area contributed by atoms with Gasteiger partial charge in [0.25, 0.3) is 0 Å². The molecule has 0 atom stereocenters. The van der Waals surface area contributed by atoms with Crippen molar-refractivity contribution in [1.29, 1.82) is 0 Å². The van der Waals surface area contributed by atoms with Gasteiger partial charge in [0.05, 0.1) is 0 Å². The SMILES string of the molecule is CNC(=S)c1c(C)cc(C)cc1C. The normalized spacial score (nSPS) is 9.85. The molecule has 0 bridgehead atoms. The van der Waals surface area contributed by atoms with Crippen molar-refractivity contribution >= 4 is 17.2 Å². The van der Waals surface area contributed by atoms with Crippen molar-refractivity contribution in [3.05, 3.63) is 34.4 Å². The lowest BCUT2D eigenvalue weighted by Crippen LogP contribution is -2.19. The van der Waals surface area contributed by atoms with Crippen LogP contribution < -0.4 is 5.32 Å². The van der Waals surface area contributed by atoms with Gasteiger partial charge in [-0.1, -0.05) is 29.9 Å². The lowest BCUT2D eigenvalue weighted by molar-refractivity contribution is 1.18. The minimum atomic E-state index is 0.829. The second-order valence-electron chi connectivity index (χ2n) is 3.35. The summed E-state index contributed by atoms with van der Waals surface area (Å²) < 4.78 is 0. The van der Waals surface area contributed by atoms with Crippen molar-refractivity contribution in [3.63, 3.8) is 0 Å².